The van der Waals surface area contributed by atoms with Crippen LogP contribution in [0.2, 0.25) is 5.02 Å². The van der Waals surface area contributed by atoms with Gasteiger partial charge in [0.15, 0.2) is 5.11 Å². The molecule has 1 N–H and O–H groups in total. The van der Waals surface area contributed by atoms with Crippen molar-refractivity contribution in [2.45, 2.75) is 13.5 Å². The number of hydrogen-bond donors (Lipinski definition) is 1. The van der Waals surface area contributed by atoms with Gasteiger partial charge in [0.2, 0.25) is 0 Å². The first kappa shape index (κ1) is 17.2. The molecular formula is C19H22ClN3S. The number of thiocarbonyl (C=S) groups is 1. The highest BCUT2D eigenvalue weighted by atomic mass is 35.5. The first-order chi connectivity index (χ1) is 11.6. The lowest BCUT2D eigenvalue weighted by Gasteiger charge is -2.36. The number of nitrogens with zero attached hydrogens (tertiary/aromatic N) is 2. The molecule has 0 aromatic heterocycles. The van der Waals surface area contributed by atoms with Gasteiger partial charge < -0.3 is 10.2 Å². The molecule has 24 heavy (non-hydrogen) atoms. The Hall–Kier alpha value is -1.62. The highest BCUT2D eigenvalue weighted by Gasteiger charge is 2.19. The van der Waals surface area contributed by atoms with Crippen molar-refractivity contribution < 1.29 is 0 Å². The molecule has 1 aliphatic rings. The van der Waals surface area contributed by atoms with Gasteiger partial charge in [-0.1, -0.05) is 35.9 Å². The second kappa shape index (κ2) is 7.97. The normalized spacial score (nSPS) is 15.3. The Labute approximate surface area is 154 Å². The van der Waals surface area contributed by atoms with E-state index in [1.165, 1.54) is 11.1 Å². The topological polar surface area (TPSA) is 18.5 Å². The SMILES string of the molecule is Cc1cccc(NC(=S)N2CCN(Cc3ccc(Cl)cc3)CC2)c1. The van der Waals surface area contributed by atoms with Crippen molar-refractivity contribution in [2.75, 3.05) is 31.5 Å². The zero-order valence-electron chi connectivity index (χ0n) is 13.8. The molecule has 3 nitrogen and oxygen atoms in total. The fourth-order valence-electron chi connectivity index (χ4n) is 2.88. The van der Waals surface area contributed by atoms with Gasteiger partial charge in [0, 0.05) is 43.4 Å². The molecule has 1 heterocycles. The zero-order chi connectivity index (χ0) is 16.9. The number of anilines is 1. The highest BCUT2D eigenvalue weighted by molar-refractivity contribution is 7.80. The van der Waals surface area contributed by atoms with Gasteiger partial charge in [-0.15, -0.1) is 0 Å². The molecule has 0 unspecified atom stereocenters. The summed E-state index contributed by atoms with van der Waals surface area (Å²) in [4.78, 5) is 4.70. The molecule has 0 aliphatic carbocycles. The average molecular weight is 360 g/mol. The van der Waals surface area contributed by atoms with Crippen molar-refractivity contribution in [1.29, 1.82) is 0 Å². The van der Waals surface area contributed by atoms with Crippen molar-refractivity contribution in [2.24, 2.45) is 0 Å². The molecule has 1 saturated heterocycles. The van der Waals surface area contributed by atoms with E-state index in [1.807, 2.05) is 18.2 Å². The number of aryl methyl sites for hydroxylation is 1. The van der Waals surface area contributed by atoms with Crippen LogP contribution in [0.4, 0.5) is 5.69 Å². The van der Waals surface area contributed by atoms with Crippen LogP contribution < -0.4 is 5.32 Å². The minimum atomic E-state index is 0.788. The standard InChI is InChI=1S/C19H22ClN3S/c1-15-3-2-4-18(13-15)21-19(24)23-11-9-22(10-12-23)14-16-5-7-17(20)8-6-16/h2-8,13H,9-12,14H2,1H3,(H,21,24). The van der Waals surface area contributed by atoms with Gasteiger partial charge in [0.25, 0.3) is 0 Å². The number of benzene rings is 2. The van der Waals surface area contributed by atoms with Gasteiger partial charge >= 0.3 is 0 Å². The Balaban J connectivity index is 1.49. The van der Waals surface area contributed by atoms with Crippen LogP contribution in [0, 0.1) is 6.92 Å². The first-order valence-corrected chi connectivity index (χ1v) is 8.98. The minimum Gasteiger partial charge on any atom is -0.346 e. The minimum absolute atomic E-state index is 0.788. The maximum absolute atomic E-state index is 5.94. The molecular weight excluding hydrogens is 338 g/mol. The van der Waals surface area contributed by atoms with E-state index in [-0.39, 0.29) is 0 Å². The maximum Gasteiger partial charge on any atom is 0.173 e. The molecule has 0 saturated carbocycles. The Bertz CT molecular complexity index is 694. The summed E-state index contributed by atoms with van der Waals surface area (Å²) in [5.41, 5.74) is 3.59. The van der Waals surface area contributed by atoms with Gasteiger partial charge in [-0.25, -0.2) is 0 Å². The molecule has 1 fully saturated rings. The van der Waals surface area contributed by atoms with Crippen molar-refractivity contribution in [1.82, 2.24) is 9.80 Å². The van der Waals surface area contributed by atoms with Crippen LogP contribution in [0.15, 0.2) is 48.5 Å². The number of hydrogen-bond acceptors (Lipinski definition) is 2. The lowest BCUT2D eigenvalue weighted by atomic mass is 10.2. The second-order valence-electron chi connectivity index (χ2n) is 6.19. The molecule has 2 aromatic carbocycles. The van der Waals surface area contributed by atoms with Crippen molar-refractivity contribution >= 4 is 34.6 Å². The molecule has 0 atom stereocenters. The van der Waals surface area contributed by atoms with E-state index >= 15 is 0 Å². The predicted molar refractivity (Wildman–Crippen MR) is 106 cm³/mol. The summed E-state index contributed by atoms with van der Waals surface area (Å²) >= 11 is 11.5. The van der Waals surface area contributed by atoms with Crippen LogP contribution in [0.25, 0.3) is 0 Å². The van der Waals surface area contributed by atoms with Crippen LogP contribution in [-0.4, -0.2) is 41.1 Å². The summed E-state index contributed by atoms with van der Waals surface area (Å²) in [6.45, 7) is 6.97. The lowest BCUT2D eigenvalue weighted by Crippen LogP contribution is -2.49. The van der Waals surface area contributed by atoms with E-state index in [2.05, 4.69) is 52.4 Å². The molecule has 0 amide bonds. The molecule has 0 bridgehead atoms. The van der Waals surface area contributed by atoms with E-state index in [0.717, 1.165) is 48.5 Å². The largest absolute Gasteiger partial charge is 0.346 e. The van der Waals surface area contributed by atoms with Crippen LogP contribution in [0.5, 0.6) is 0 Å². The van der Waals surface area contributed by atoms with Crippen molar-refractivity contribution in [3.8, 4) is 0 Å². The van der Waals surface area contributed by atoms with Gasteiger partial charge in [-0.05, 0) is 54.5 Å². The Morgan fingerprint density at radius 2 is 1.79 bits per heavy atom. The monoisotopic (exact) mass is 359 g/mol. The van der Waals surface area contributed by atoms with E-state index in [1.54, 1.807) is 0 Å². The molecule has 2 aromatic rings. The van der Waals surface area contributed by atoms with Gasteiger partial charge in [0.1, 0.15) is 0 Å². The molecule has 0 spiro atoms. The number of nitrogens with one attached hydrogen (secondary N) is 1. The fourth-order valence-corrected chi connectivity index (χ4v) is 3.31. The zero-order valence-corrected chi connectivity index (χ0v) is 15.4. The summed E-state index contributed by atoms with van der Waals surface area (Å²) in [5.74, 6) is 0. The fraction of sp³-hybridized carbons (Fsp3) is 0.316. The molecule has 1 aliphatic heterocycles. The number of rotatable bonds is 3. The smallest absolute Gasteiger partial charge is 0.173 e. The second-order valence-corrected chi connectivity index (χ2v) is 7.01. The van der Waals surface area contributed by atoms with E-state index in [9.17, 15) is 0 Å². The van der Waals surface area contributed by atoms with Gasteiger partial charge in [0.05, 0.1) is 0 Å². The Morgan fingerprint density at radius 3 is 2.46 bits per heavy atom. The first-order valence-electron chi connectivity index (χ1n) is 8.19. The van der Waals surface area contributed by atoms with Crippen LogP contribution in [-0.2, 0) is 6.54 Å². The molecule has 126 valence electrons. The highest BCUT2D eigenvalue weighted by Crippen LogP contribution is 2.14. The van der Waals surface area contributed by atoms with E-state index < -0.39 is 0 Å². The maximum atomic E-state index is 5.94. The summed E-state index contributed by atoms with van der Waals surface area (Å²) in [6, 6.07) is 16.4. The lowest BCUT2D eigenvalue weighted by molar-refractivity contribution is 0.177. The third kappa shape index (κ3) is 4.69. The van der Waals surface area contributed by atoms with Crippen LogP contribution in [0.3, 0.4) is 0 Å². The summed E-state index contributed by atoms with van der Waals surface area (Å²) in [7, 11) is 0. The number of piperazine rings is 1. The third-order valence-electron chi connectivity index (χ3n) is 4.25. The average Bonchev–Trinajstić information content (AvgIpc) is 2.57. The van der Waals surface area contributed by atoms with E-state index in [4.69, 9.17) is 23.8 Å². The molecule has 0 radical (unpaired) electrons. The molecule has 3 rings (SSSR count). The van der Waals surface area contributed by atoms with Crippen LogP contribution in [0.1, 0.15) is 11.1 Å². The van der Waals surface area contributed by atoms with Crippen molar-refractivity contribution in [3.63, 3.8) is 0 Å². The number of halogens is 1. The Morgan fingerprint density at radius 1 is 1.08 bits per heavy atom. The molecule has 5 heteroatoms. The van der Waals surface area contributed by atoms with E-state index in [0.29, 0.717) is 0 Å². The van der Waals surface area contributed by atoms with Gasteiger partial charge in [-0.3, -0.25) is 4.90 Å². The third-order valence-corrected chi connectivity index (χ3v) is 4.86. The van der Waals surface area contributed by atoms with Crippen LogP contribution >= 0.6 is 23.8 Å². The quantitative estimate of drug-likeness (QED) is 0.829. The Kier molecular flexibility index (Phi) is 5.72. The summed E-state index contributed by atoms with van der Waals surface area (Å²) in [6.07, 6.45) is 0. The summed E-state index contributed by atoms with van der Waals surface area (Å²) < 4.78 is 0. The predicted octanol–water partition coefficient (Wildman–Crippen LogP) is 4.16. The van der Waals surface area contributed by atoms with Gasteiger partial charge in [-0.2, -0.15) is 0 Å². The summed E-state index contributed by atoms with van der Waals surface area (Å²) in [5, 5.41) is 4.95. The van der Waals surface area contributed by atoms with Crippen molar-refractivity contribution in [3.05, 3.63) is 64.7 Å².